The topological polar surface area (TPSA) is 64.9 Å². The molecule has 1 amide bonds. The van der Waals surface area contributed by atoms with Crippen molar-refractivity contribution in [1.82, 2.24) is 4.90 Å². The lowest BCUT2D eigenvalue weighted by molar-refractivity contribution is -0.917. The largest absolute Gasteiger partial charge is 0.550 e. The number of carbonyl (C=O) groups excluding carboxylic acids is 2. The minimum absolute atomic E-state index is 0.0273. The highest BCUT2D eigenvalue weighted by molar-refractivity contribution is 5.85. The molecule has 0 radical (unpaired) electrons. The lowest BCUT2D eigenvalue weighted by Gasteiger charge is -2.49. The third-order valence-electron chi connectivity index (χ3n) is 6.93. The molecule has 5 nitrogen and oxygen atoms in total. The average Bonchev–Trinajstić information content (AvgIpc) is 2.70. The number of nitrogens with zero attached hydrogens (tertiary/aromatic N) is 1. The van der Waals surface area contributed by atoms with Crippen LogP contribution in [0.15, 0.2) is 24.3 Å². The van der Waals surface area contributed by atoms with Crippen molar-refractivity contribution in [3.05, 3.63) is 35.6 Å². The van der Waals surface area contributed by atoms with Crippen molar-refractivity contribution in [2.24, 2.45) is 23.7 Å². The highest BCUT2D eigenvalue weighted by Crippen LogP contribution is 2.49. The van der Waals surface area contributed by atoms with E-state index in [0.29, 0.717) is 13.1 Å². The van der Waals surface area contributed by atoms with Crippen molar-refractivity contribution in [1.29, 1.82) is 0 Å². The maximum absolute atomic E-state index is 13.1. The van der Waals surface area contributed by atoms with Crippen molar-refractivity contribution in [3.8, 4) is 0 Å². The smallest absolute Gasteiger partial charge is 0.227 e. The van der Waals surface area contributed by atoms with E-state index in [1.54, 1.807) is 0 Å². The number of carboxylic acid groups (broad SMARTS) is 1. The standard InChI is InChI=1S/C21H27FN2O3/c22-17-7-1-14(2-8-17)13-23-9-11-24(12-10-23)20(25)18-15-3-5-16(6-4-15)19(18)21(26)27/h1-2,7-8,15-16,18-19H,3-6,9-13H2,(H,26,27)/t15?,16?,18-,19-/m0/s1. The Bertz CT molecular complexity index is 692. The van der Waals surface area contributed by atoms with Gasteiger partial charge in [-0.1, -0.05) is 12.1 Å². The third-order valence-corrected chi connectivity index (χ3v) is 6.93. The summed E-state index contributed by atoms with van der Waals surface area (Å²) in [5.74, 6) is -1.92. The van der Waals surface area contributed by atoms with Gasteiger partial charge in [-0.3, -0.25) is 4.79 Å². The lowest BCUT2D eigenvalue weighted by atomic mass is 9.58. The first kappa shape index (κ1) is 18.4. The molecule has 1 aromatic rings. The Morgan fingerprint density at radius 2 is 1.56 bits per heavy atom. The van der Waals surface area contributed by atoms with E-state index in [4.69, 9.17) is 0 Å². The van der Waals surface area contributed by atoms with Crippen molar-refractivity contribution in [2.45, 2.75) is 32.2 Å². The zero-order chi connectivity index (χ0) is 19.0. The Hall–Kier alpha value is -1.95. The number of hydrogen-bond donors (Lipinski definition) is 1. The van der Waals surface area contributed by atoms with E-state index < -0.39 is 11.9 Å². The van der Waals surface area contributed by atoms with Crippen LogP contribution < -0.4 is 10.0 Å². The molecule has 2 atom stereocenters. The normalized spacial score (nSPS) is 31.1. The number of carboxylic acids is 1. The van der Waals surface area contributed by atoms with Gasteiger partial charge in [0.1, 0.15) is 12.4 Å². The third kappa shape index (κ3) is 3.72. The number of piperazine rings is 1. The molecule has 146 valence electrons. The summed E-state index contributed by atoms with van der Waals surface area (Å²) < 4.78 is 13.0. The Morgan fingerprint density at radius 1 is 1.00 bits per heavy atom. The molecule has 1 saturated heterocycles. The van der Waals surface area contributed by atoms with Crippen LogP contribution in [0.5, 0.6) is 0 Å². The summed E-state index contributed by atoms with van der Waals surface area (Å²) in [5.41, 5.74) is 1.09. The Labute approximate surface area is 159 Å². The number of rotatable bonds is 4. The van der Waals surface area contributed by atoms with E-state index in [2.05, 4.69) is 0 Å². The first-order valence-electron chi connectivity index (χ1n) is 10.1. The predicted molar refractivity (Wildman–Crippen MR) is 94.8 cm³/mol. The number of carbonyl (C=O) groups is 2. The molecule has 0 aromatic heterocycles. The molecular formula is C21H27FN2O3. The van der Waals surface area contributed by atoms with E-state index in [9.17, 15) is 19.1 Å². The van der Waals surface area contributed by atoms with E-state index in [1.807, 2.05) is 17.0 Å². The van der Waals surface area contributed by atoms with Crippen molar-refractivity contribution in [3.63, 3.8) is 0 Å². The molecule has 4 fully saturated rings. The van der Waals surface area contributed by atoms with Gasteiger partial charge in [-0.25, -0.2) is 4.39 Å². The number of amides is 1. The molecular weight excluding hydrogens is 347 g/mol. The number of aliphatic carboxylic acids is 1. The predicted octanol–water partition coefficient (Wildman–Crippen LogP) is -0.145. The van der Waals surface area contributed by atoms with Gasteiger partial charge in [-0.05, 0) is 49.7 Å². The van der Waals surface area contributed by atoms with Crippen LogP contribution in [0.1, 0.15) is 31.2 Å². The molecule has 1 heterocycles. The number of benzene rings is 1. The quantitative estimate of drug-likeness (QED) is 0.798. The van der Waals surface area contributed by atoms with Crippen LogP contribution in [0.3, 0.4) is 0 Å². The Balaban J connectivity index is 1.36. The van der Waals surface area contributed by atoms with Gasteiger partial charge >= 0.3 is 0 Å². The summed E-state index contributed by atoms with van der Waals surface area (Å²) in [7, 11) is 0. The average molecular weight is 374 g/mol. The van der Waals surface area contributed by atoms with Gasteiger partial charge < -0.3 is 19.7 Å². The Morgan fingerprint density at radius 3 is 2.11 bits per heavy atom. The molecule has 3 aliphatic carbocycles. The van der Waals surface area contributed by atoms with Gasteiger partial charge in [0.15, 0.2) is 0 Å². The highest BCUT2D eigenvalue weighted by atomic mass is 19.1. The Kier molecular flexibility index (Phi) is 5.17. The van der Waals surface area contributed by atoms with Gasteiger partial charge in [-0.15, -0.1) is 0 Å². The first-order valence-corrected chi connectivity index (χ1v) is 10.1. The highest BCUT2D eigenvalue weighted by Gasteiger charge is 2.49. The number of nitrogens with one attached hydrogen (secondary N) is 1. The molecule has 3 saturated carbocycles. The molecule has 1 aromatic carbocycles. The SMILES string of the molecule is O=C([O-])[C@H]1C2CCC(CC2)[C@@H]1C(=O)N1CC[NH+](Cc2ccc(F)cc2)CC1. The summed E-state index contributed by atoms with van der Waals surface area (Å²) in [4.78, 5) is 28.1. The van der Waals surface area contributed by atoms with E-state index in [-0.39, 0.29) is 29.5 Å². The zero-order valence-electron chi connectivity index (χ0n) is 15.5. The molecule has 4 aliphatic rings. The molecule has 1 aliphatic heterocycles. The van der Waals surface area contributed by atoms with Crippen LogP contribution in [0.25, 0.3) is 0 Å². The fourth-order valence-electron chi connectivity index (χ4n) is 5.47. The van der Waals surface area contributed by atoms with Crippen molar-refractivity contribution in [2.75, 3.05) is 26.2 Å². The van der Waals surface area contributed by atoms with Crippen LogP contribution in [0.2, 0.25) is 0 Å². The summed E-state index contributed by atoms with van der Waals surface area (Å²) >= 11 is 0. The van der Waals surface area contributed by atoms with E-state index >= 15 is 0 Å². The van der Waals surface area contributed by atoms with Crippen molar-refractivity contribution < 1.29 is 24.0 Å². The van der Waals surface area contributed by atoms with Crippen molar-refractivity contribution >= 4 is 11.9 Å². The fraction of sp³-hybridized carbons (Fsp3) is 0.619. The summed E-state index contributed by atoms with van der Waals surface area (Å²) in [6.07, 6.45) is 3.78. The zero-order valence-corrected chi connectivity index (χ0v) is 15.5. The second-order valence-electron chi connectivity index (χ2n) is 8.42. The van der Waals surface area contributed by atoms with Gasteiger partial charge in [-0.2, -0.15) is 0 Å². The van der Waals surface area contributed by atoms with Gasteiger partial charge in [0.05, 0.1) is 26.2 Å². The molecule has 2 bridgehead atoms. The van der Waals surface area contributed by atoms with E-state index in [0.717, 1.165) is 50.9 Å². The van der Waals surface area contributed by atoms with Crippen LogP contribution >= 0.6 is 0 Å². The summed E-state index contributed by atoms with van der Waals surface area (Å²) in [6, 6.07) is 6.58. The van der Waals surface area contributed by atoms with Crippen LogP contribution in [0.4, 0.5) is 4.39 Å². The molecule has 0 unspecified atom stereocenters. The minimum atomic E-state index is -1.04. The van der Waals surface area contributed by atoms with Crippen LogP contribution in [-0.4, -0.2) is 43.0 Å². The first-order chi connectivity index (χ1) is 13.0. The monoisotopic (exact) mass is 374 g/mol. The maximum Gasteiger partial charge on any atom is 0.227 e. The molecule has 27 heavy (non-hydrogen) atoms. The summed E-state index contributed by atoms with van der Waals surface area (Å²) in [6.45, 7) is 3.80. The molecule has 1 N–H and O–H groups in total. The lowest BCUT2D eigenvalue weighted by Crippen LogP contribution is -3.13. The van der Waals surface area contributed by atoms with Crippen LogP contribution in [-0.2, 0) is 16.1 Å². The number of hydrogen-bond acceptors (Lipinski definition) is 3. The molecule has 0 spiro atoms. The second kappa shape index (κ2) is 7.58. The minimum Gasteiger partial charge on any atom is -0.550 e. The van der Waals surface area contributed by atoms with Gasteiger partial charge in [0.2, 0.25) is 5.91 Å². The second-order valence-corrected chi connectivity index (χ2v) is 8.42. The number of halogens is 1. The van der Waals surface area contributed by atoms with Gasteiger partial charge in [0.25, 0.3) is 0 Å². The van der Waals surface area contributed by atoms with Gasteiger partial charge in [0, 0.05) is 23.4 Å². The molecule has 6 heteroatoms. The van der Waals surface area contributed by atoms with E-state index in [1.165, 1.54) is 17.0 Å². The van der Waals surface area contributed by atoms with Crippen LogP contribution in [0, 0.1) is 29.5 Å². The number of fused-ring (bicyclic) bond motifs is 3. The fourth-order valence-corrected chi connectivity index (χ4v) is 5.47. The molecule has 5 rings (SSSR count). The maximum atomic E-state index is 13.1. The number of quaternary nitrogens is 1. The summed E-state index contributed by atoms with van der Waals surface area (Å²) in [5, 5.41) is 11.7.